The SMILES string of the molecule is CC(C)(C)OC(=O)N(C(=O)OC(C)(C)C)C(C)(CCCBr)C(=O)OC(C)(C)C. The Labute approximate surface area is 177 Å². The number of carbonyl (C=O) groups excluding carboxylic acids is 3. The summed E-state index contributed by atoms with van der Waals surface area (Å²) in [6, 6.07) is 0. The van der Waals surface area contributed by atoms with Crippen LogP contribution in [0.15, 0.2) is 0 Å². The second kappa shape index (κ2) is 9.46. The van der Waals surface area contributed by atoms with E-state index in [0.29, 0.717) is 11.8 Å². The average molecular weight is 466 g/mol. The van der Waals surface area contributed by atoms with Gasteiger partial charge in [0, 0.05) is 5.33 Å². The second-order valence-corrected chi connectivity index (χ2v) is 10.7. The van der Waals surface area contributed by atoms with Gasteiger partial charge in [-0.05, 0) is 82.1 Å². The molecule has 2 amide bonds. The van der Waals surface area contributed by atoms with E-state index < -0.39 is 40.5 Å². The summed E-state index contributed by atoms with van der Waals surface area (Å²) >= 11 is 3.33. The van der Waals surface area contributed by atoms with Crippen molar-refractivity contribution < 1.29 is 28.6 Å². The third kappa shape index (κ3) is 9.26. The number of alkyl halides is 1. The van der Waals surface area contributed by atoms with Crippen LogP contribution >= 0.6 is 15.9 Å². The molecule has 0 aromatic rings. The average Bonchev–Trinajstić information content (AvgIpc) is 2.39. The molecule has 28 heavy (non-hydrogen) atoms. The molecule has 0 aliphatic rings. The molecule has 0 aliphatic carbocycles. The monoisotopic (exact) mass is 465 g/mol. The summed E-state index contributed by atoms with van der Waals surface area (Å²) in [5.41, 5.74) is -4.10. The van der Waals surface area contributed by atoms with E-state index in [4.69, 9.17) is 14.2 Å². The largest absolute Gasteiger partial charge is 0.458 e. The second-order valence-electron chi connectivity index (χ2n) is 9.86. The van der Waals surface area contributed by atoms with Gasteiger partial charge >= 0.3 is 18.2 Å². The fourth-order valence-corrected chi connectivity index (χ4v) is 2.48. The van der Waals surface area contributed by atoms with Gasteiger partial charge in [0.2, 0.25) is 0 Å². The number of rotatable bonds is 5. The van der Waals surface area contributed by atoms with Crippen molar-refractivity contribution in [2.24, 2.45) is 0 Å². The zero-order valence-corrected chi connectivity index (χ0v) is 20.5. The van der Waals surface area contributed by atoms with Gasteiger partial charge in [-0.2, -0.15) is 4.90 Å². The van der Waals surface area contributed by atoms with Gasteiger partial charge in [-0.3, -0.25) is 0 Å². The minimum absolute atomic E-state index is 0.186. The Bertz CT molecular complexity index is 543. The Morgan fingerprint density at radius 2 is 1.07 bits per heavy atom. The van der Waals surface area contributed by atoms with Crippen LogP contribution in [-0.2, 0) is 19.0 Å². The molecule has 0 rings (SSSR count). The predicted molar refractivity (Wildman–Crippen MR) is 112 cm³/mol. The van der Waals surface area contributed by atoms with Gasteiger partial charge in [0.05, 0.1) is 0 Å². The zero-order chi connectivity index (χ0) is 22.6. The fourth-order valence-electron chi connectivity index (χ4n) is 2.20. The lowest BCUT2D eigenvalue weighted by molar-refractivity contribution is -0.168. The van der Waals surface area contributed by atoms with Crippen LogP contribution in [0.25, 0.3) is 0 Å². The molecular weight excluding hydrogens is 430 g/mol. The Morgan fingerprint density at radius 1 is 0.714 bits per heavy atom. The number of ether oxygens (including phenoxy) is 3. The van der Waals surface area contributed by atoms with Gasteiger partial charge in [-0.15, -0.1) is 0 Å². The first-order valence-corrected chi connectivity index (χ1v) is 10.5. The Kier molecular flexibility index (Phi) is 9.02. The highest BCUT2D eigenvalue weighted by Gasteiger charge is 2.51. The molecule has 0 aliphatic heterocycles. The molecule has 0 spiro atoms. The van der Waals surface area contributed by atoms with Crippen LogP contribution < -0.4 is 0 Å². The number of nitrogens with zero attached hydrogens (tertiary/aromatic N) is 1. The Hall–Kier alpha value is -1.31. The third-order valence-corrected chi connectivity index (χ3v) is 3.84. The summed E-state index contributed by atoms with van der Waals surface area (Å²) in [7, 11) is 0. The van der Waals surface area contributed by atoms with Crippen LogP contribution in [0, 0.1) is 0 Å². The molecular formula is C20H36BrNO6. The van der Waals surface area contributed by atoms with Crippen LogP contribution in [0.4, 0.5) is 9.59 Å². The molecule has 1 atom stereocenters. The summed E-state index contributed by atoms with van der Waals surface area (Å²) in [6.07, 6.45) is -1.20. The van der Waals surface area contributed by atoms with E-state index in [1.54, 1.807) is 62.3 Å². The highest BCUT2D eigenvalue weighted by molar-refractivity contribution is 9.09. The summed E-state index contributed by atoms with van der Waals surface area (Å²) in [5.74, 6) is -0.697. The topological polar surface area (TPSA) is 82.1 Å². The molecule has 0 saturated carbocycles. The van der Waals surface area contributed by atoms with Crippen molar-refractivity contribution in [1.82, 2.24) is 4.90 Å². The predicted octanol–water partition coefficient (Wildman–Crippen LogP) is 5.43. The van der Waals surface area contributed by atoms with Crippen LogP contribution in [-0.4, -0.2) is 50.7 Å². The van der Waals surface area contributed by atoms with Gasteiger partial charge < -0.3 is 14.2 Å². The molecule has 1 unspecified atom stereocenters. The minimum atomic E-state index is -1.59. The van der Waals surface area contributed by atoms with E-state index >= 15 is 0 Å². The van der Waals surface area contributed by atoms with Crippen LogP contribution in [0.2, 0.25) is 0 Å². The zero-order valence-electron chi connectivity index (χ0n) is 18.9. The van der Waals surface area contributed by atoms with E-state index in [2.05, 4.69) is 15.9 Å². The first kappa shape index (κ1) is 26.7. The quantitative estimate of drug-likeness (QED) is 0.305. The van der Waals surface area contributed by atoms with Crippen molar-refractivity contribution in [3.63, 3.8) is 0 Å². The third-order valence-electron chi connectivity index (χ3n) is 3.28. The first-order valence-electron chi connectivity index (χ1n) is 9.38. The maximum Gasteiger partial charge on any atom is 0.420 e. The highest BCUT2D eigenvalue weighted by Crippen LogP contribution is 2.30. The normalized spacial score (nSPS) is 14.7. The fraction of sp³-hybridized carbons (Fsp3) is 0.850. The van der Waals surface area contributed by atoms with Gasteiger partial charge in [0.15, 0.2) is 5.54 Å². The number of carbonyl (C=O) groups is 3. The number of halogens is 1. The summed E-state index contributed by atoms with van der Waals surface area (Å²) in [6.45, 7) is 16.8. The van der Waals surface area contributed by atoms with Crippen LogP contribution in [0.1, 0.15) is 82.1 Å². The standard InChI is InChI=1S/C20H36BrNO6/c1-17(2,3)26-14(23)20(10,12-11-13-21)22(15(24)27-18(4,5)6)16(25)28-19(7,8)9/h11-13H2,1-10H3. The summed E-state index contributed by atoms with van der Waals surface area (Å²) in [4.78, 5) is 39.7. The lowest BCUT2D eigenvalue weighted by atomic mass is 9.94. The molecule has 0 radical (unpaired) electrons. The minimum Gasteiger partial charge on any atom is -0.458 e. The molecule has 0 N–H and O–H groups in total. The lowest BCUT2D eigenvalue weighted by Gasteiger charge is -2.40. The Balaban J connectivity index is 6.23. The van der Waals surface area contributed by atoms with E-state index in [1.807, 2.05) is 0 Å². The van der Waals surface area contributed by atoms with Crippen molar-refractivity contribution in [3.05, 3.63) is 0 Å². The van der Waals surface area contributed by atoms with Gasteiger partial charge in [-0.1, -0.05) is 15.9 Å². The van der Waals surface area contributed by atoms with Crippen molar-refractivity contribution >= 4 is 34.1 Å². The van der Waals surface area contributed by atoms with Gasteiger partial charge in [0.25, 0.3) is 0 Å². The van der Waals surface area contributed by atoms with E-state index in [0.717, 1.165) is 4.90 Å². The molecule has 0 aromatic carbocycles. The van der Waals surface area contributed by atoms with Crippen molar-refractivity contribution in [2.75, 3.05) is 5.33 Å². The molecule has 0 fully saturated rings. The van der Waals surface area contributed by atoms with Gasteiger partial charge in [0.1, 0.15) is 16.8 Å². The van der Waals surface area contributed by atoms with E-state index in [9.17, 15) is 14.4 Å². The number of hydrogen-bond acceptors (Lipinski definition) is 6. The maximum absolute atomic E-state index is 13.1. The smallest absolute Gasteiger partial charge is 0.420 e. The first-order chi connectivity index (χ1) is 12.3. The lowest BCUT2D eigenvalue weighted by Crippen LogP contribution is -2.60. The molecule has 7 nitrogen and oxygen atoms in total. The summed E-state index contributed by atoms with van der Waals surface area (Å²) < 4.78 is 16.3. The molecule has 0 heterocycles. The van der Waals surface area contributed by atoms with Crippen molar-refractivity contribution in [3.8, 4) is 0 Å². The number of esters is 1. The molecule has 0 bridgehead atoms. The molecule has 0 saturated heterocycles. The van der Waals surface area contributed by atoms with Crippen molar-refractivity contribution in [1.29, 1.82) is 0 Å². The van der Waals surface area contributed by atoms with E-state index in [1.165, 1.54) is 6.92 Å². The molecule has 164 valence electrons. The molecule has 0 aromatic heterocycles. The number of amides is 2. The van der Waals surface area contributed by atoms with Crippen LogP contribution in [0.5, 0.6) is 0 Å². The van der Waals surface area contributed by atoms with E-state index in [-0.39, 0.29) is 6.42 Å². The number of hydrogen-bond donors (Lipinski definition) is 0. The summed E-state index contributed by atoms with van der Waals surface area (Å²) in [5, 5.41) is 0.585. The maximum atomic E-state index is 13.1. The Morgan fingerprint density at radius 3 is 1.36 bits per heavy atom. The van der Waals surface area contributed by atoms with Crippen molar-refractivity contribution in [2.45, 2.75) is 104 Å². The highest BCUT2D eigenvalue weighted by atomic mass is 79.9. The van der Waals surface area contributed by atoms with Crippen LogP contribution in [0.3, 0.4) is 0 Å². The van der Waals surface area contributed by atoms with Gasteiger partial charge in [-0.25, -0.2) is 14.4 Å². The number of imide groups is 1. The molecule has 8 heteroatoms.